The van der Waals surface area contributed by atoms with E-state index in [9.17, 15) is 4.79 Å². The van der Waals surface area contributed by atoms with Crippen LogP contribution < -0.4 is 11.3 Å². The average Bonchev–Trinajstić information content (AvgIpc) is 2.82. The molecule has 1 amide bonds. The van der Waals surface area contributed by atoms with E-state index in [1.807, 2.05) is 31.2 Å². The van der Waals surface area contributed by atoms with Gasteiger partial charge in [-0.2, -0.15) is 0 Å². The van der Waals surface area contributed by atoms with Crippen LogP contribution in [0.5, 0.6) is 0 Å². The van der Waals surface area contributed by atoms with Crippen molar-refractivity contribution in [2.75, 3.05) is 7.11 Å². The molecule has 0 saturated heterocycles. The minimum Gasteiger partial charge on any atom is -0.378 e. The lowest BCUT2D eigenvalue weighted by Gasteiger charge is -1.98. The van der Waals surface area contributed by atoms with Crippen molar-refractivity contribution < 1.29 is 9.53 Å². The number of amides is 1. The van der Waals surface area contributed by atoms with Gasteiger partial charge in [-0.1, -0.05) is 23.8 Å². The second-order valence-corrected chi connectivity index (χ2v) is 5.07. The monoisotopic (exact) mass is 277 g/mol. The Labute approximate surface area is 115 Å². The molecule has 6 heteroatoms. The number of thiazole rings is 1. The molecule has 0 aliphatic rings. The predicted octanol–water partition coefficient (Wildman–Crippen LogP) is 1.87. The van der Waals surface area contributed by atoms with Gasteiger partial charge in [-0.05, 0) is 13.0 Å². The number of benzene rings is 1. The Balaban J connectivity index is 2.45. The number of methoxy groups -OCH3 is 1. The molecule has 19 heavy (non-hydrogen) atoms. The number of nitrogens with two attached hydrogens (primary N) is 1. The van der Waals surface area contributed by atoms with Crippen molar-refractivity contribution >= 4 is 17.2 Å². The van der Waals surface area contributed by atoms with E-state index >= 15 is 0 Å². The van der Waals surface area contributed by atoms with Crippen molar-refractivity contribution in [3.63, 3.8) is 0 Å². The van der Waals surface area contributed by atoms with E-state index in [0.29, 0.717) is 10.6 Å². The van der Waals surface area contributed by atoms with E-state index in [1.165, 1.54) is 11.3 Å². The summed E-state index contributed by atoms with van der Waals surface area (Å²) in [7, 11) is 1.57. The Morgan fingerprint density at radius 1 is 1.53 bits per heavy atom. The summed E-state index contributed by atoms with van der Waals surface area (Å²) in [5.74, 6) is 4.84. The lowest BCUT2D eigenvalue weighted by Crippen LogP contribution is -2.30. The molecular weight excluding hydrogens is 262 g/mol. The Morgan fingerprint density at radius 3 is 2.95 bits per heavy atom. The number of nitrogens with one attached hydrogen (secondary N) is 1. The van der Waals surface area contributed by atoms with E-state index in [-0.39, 0.29) is 12.5 Å². The lowest BCUT2D eigenvalue weighted by molar-refractivity contribution is 0.0952. The summed E-state index contributed by atoms with van der Waals surface area (Å²) in [5.41, 5.74) is 4.86. The Kier molecular flexibility index (Phi) is 4.26. The first-order chi connectivity index (χ1) is 9.15. The SMILES string of the molecule is COCc1nc(-c2cccc(C)c2)sc1C(=O)NN. The minimum absolute atomic E-state index is 0.283. The van der Waals surface area contributed by atoms with E-state index in [4.69, 9.17) is 10.6 Å². The summed E-state index contributed by atoms with van der Waals surface area (Å²) < 4.78 is 5.06. The van der Waals surface area contributed by atoms with Gasteiger partial charge in [0.25, 0.3) is 5.91 Å². The largest absolute Gasteiger partial charge is 0.378 e. The van der Waals surface area contributed by atoms with Gasteiger partial charge in [0.2, 0.25) is 0 Å². The molecule has 100 valence electrons. The molecule has 2 aromatic rings. The van der Waals surface area contributed by atoms with Gasteiger partial charge < -0.3 is 4.74 Å². The third kappa shape index (κ3) is 2.98. The highest BCUT2D eigenvalue weighted by Gasteiger charge is 2.18. The van der Waals surface area contributed by atoms with Crippen molar-refractivity contribution in [1.82, 2.24) is 10.4 Å². The van der Waals surface area contributed by atoms with E-state index in [0.717, 1.165) is 16.1 Å². The molecule has 1 aromatic carbocycles. The Hall–Kier alpha value is -1.76. The first-order valence-electron chi connectivity index (χ1n) is 5.72. The summed E-state index contributed by atoms with van der Waals surface area (Å²) in [6.45, 7) is 2.30. The van der Waals surface area contributed by atoms with Crippen LogP contribution in [0.15, 0.2) is 24.3 Å². The van der Waals surface area contributed by atoms with Gasteiger partial charge in [-0.25, -0.2) is 10.8 Å². The summed E-state index contributed by atoms with van der Waals surface area (Å²) in [5, 5.41) is 0.786. The summed E-state index contributed by atoms with van der Waals surface area (Å²) in [6.07, 6.45) is 0. The number of hydrogen-bond donors (Lipinski definition) is 2. The summed E-state index contributed by atoms with van der Waals surface area (Å²) in [6, 6.07) is 7.97. The number of aryl methyl sites for hydroxylation is 1. The fourth-order valence-corrected chi connectivity index (χ4v) is 2.70. The van der Waals surface area contributed by atoms with Crippen LogP contribution in [0.1, 0.15) is 20.9 Å². The molecular formula is C13H15N3O2S. The zero-order valence-corrected chi connectivity index (χ0v) is 11.6. The number of carbonyl (C=O) groups is 1. The molecule has 0 radical (unpaired) electrons. The molecule has 3 N–H and O–H groups in total. The van der Waals surface area contributed by atoms with Crippen LogP contribution in [0.25, 0.3) is 10.6 Å². The molecule has 0 spiro atoms. The van der Waals surface area contributed by atoms with Crippen LogP contribution in [0, 0.1) is 6.92 Å². The van der Waals surface area contributed by atoms with Crippen molar-refractivity contribution in [3.8, 4) is 10.6 Å². The van der Waals surface area contributed by atoms with Crippen molar-refractivity contribution in [2.24, 2.45) is 5.84 Å². The van der Waals surface area contributed by atoms with Gasteiger partial charge in [0.15, 0.2) is 0 Å². The molecule has 0 fully saturated rings. The first-order valence-corrected chi connectivity index (χ1v) is 6.54. The number of nitrogens with zero attached hydrogens (tertiary/aromatic N) is 1. The van der Waals surface area contributed by atoms with Gasteiger partial charge in [0, 0.05) is 12.7 Å². The van der Waals surface area contributed by atoms with Crippen LogP contribution >= 0.6 is 11.3 Å². The molecule has 0 unspecified atom stereocenters. The Bertz CT molecular complexity index is 595. The first kappa shape index (κ1) is 13.7. The van der Waals surface area contributed by atoms with Gasteiger partial charge in [0.1, 0.15) is 9.88 Å². The third-order valence-corrected chi connectivity index (χ3v) is 3.73. The molecule has 1 aromatic heterocycles. The van der Waals surface area contributed by atoms with Gasteiger partial charge >= 0.3 is 0 Å². The van der Waals surface area contributed by atoms with E-state index in [2.05, 4.69) is 10.4 Å². The van der Waals surface area contributed by atoms with Crippen LogP contribution in [-0.2, 0) is 11.3 Å². The van der Waals surface area contributed by atoms with Gasteiger partial charge in [0.05, 0.1) is 12.3 Å². The minimum atomic E-state index is -0.344. The maximum atomic E-state index is 11.7. The lowest BCUT2D eigenvalue weighted by atomic mass is 10.1. The number of nitrogen functional groups attached to an aromatic ring is 1. The quantitative estimate of drug-likeness (QED) is 0.508. The molecule has 1 heterocycles. The van der Waals surface area contributed by atoms with Gasteiger partial charge in [-0.3, -0.25) is 10.2 Å². The van der Waals surface area contributed by atoms with Crippen LogP contribution in [0.3, 0.4) is 0 Å². The molecule has 0 atom stereocenters. The number of hydrazine groups is 1. The maximum absolute atomic E-state index is 11.7. The summed E-state index contributed by atoms with van der Waals surface area (Å²) in [4.78, 5) is 16.6. The highest BCUT2D eigenvalue weighted by atomic mass is 32.1. The molecule has 0 aliphatic heterocycles. The smallest absolute Gasteiger partial charge is 0.277 e. The highest BCUT2D eigenvalue weighted by Crippen LogP contribution is 2.29. The van der Waals surface area contributed by atoms with Gasteiger partial charge in [-0.15, -0.1) is 11.3 Å². The zero-order valence-electron chi connectivity index (χ0n) is 10.8. The second kappa shape index (κ2) is 5.92. The van der Waals surface area contributed by atoms with Crippen molar-refractivity contribution in [3.05, 3.63) is 40.4 Å². The topological polar surface area (TPSA) is 77.2 Å². The number of hydrogen-bond acceptors (Lipinski definition) is 5. The van der Waals surface area contributed by atoms with E-state index in [1.54, 1.807) is 7.11 Å². The van der Waals surface area contributed by atoms with Crippen LogP contribution in [-0.4, -0.2) is 18.0 Å². The van der Waals surface area contributed by atoms with E-state index < -0.39 is 0 Å². The molecule has 0 aliphatic carbocycles. The van der Waals surface area contributed by atoms with Crippen LogP contribution in [0.2, 0.25) is 0 Å². The Morgan fingerprint density at radius 2 is 2.32 bits per heavy atom. The highest BCUT2D eigenvalue weighted by molar-refractivity contribution is 7.17. The standard InChI is InChI=1S/C13H15N3O2S/c1-8-4-3-5-9(6-8)13-15-10(7-18-2)11(19-13)12(17)16-14/h3-6H,7,14H2,1-2H3,(H,16,17). The molecule has 0 saturated carbocycles. The number of rotatable bonds is 4. The number of aromatic nitrogens is 1. The van der Waals surface area contributed by atoms with Crippen molar-refractivity contribution in [1.29, 1.82) is 0 Å². The third-order valence-electron chi connectivity index (χ3n) is 2.58. The maximum Gasteiger partial charge on any atom is 0.277 e. The zero-order chi connectivity index (χ0) is 13.8. The number of carbonyl (C=O) groups excluding carboxylic acids is 1. The predicted molar refractivity (Wildman–Crippen MR) is 74.7 cm³/mol. The molecule has 5 nitrogen and oxygen atoms in total. The normalized spacial score (nSPS) is 10.5. The van der Waals surface area contributed by atoms with Crippen LogP contribution in [0.4, 0.5) is 0 Å². The summed E-state index contributed by atoms with van der Waals surface area (Å²) >= 11 is 1.31. The fourth-order valence-electron chi connectivity index (χ4n) is 1.73. The molecule has 0 bridgehead atoms. The second-order valence-electron chi connectivity index (χ2n) is 4.07. The van der Waals surface area contributed by atoms with Crippen molar-refractivity contribution in [2.45, 2.75) is 13.5 Å². The molecule has 2 rings (SSSR count). The average molecular weight is 277 g/mol. The number of ether oxygens (including phenoxy) is 1. The fraction of sp³-hybridized carbons (Fsp3) is 0.231.